The Kier molecular flexibility index (Phi) is 5.45. The molecular weight excluding hydrogens is 476 g/mol. The van der Waals surface area contributed by atoms with Gasteiger partial charge in [0.05, 0.1) is 21.2 Å². The molecule has 2 heterocycles. The second-order valence-electron chi connectivity index (χ2n) is 7.94. The van der Waals surface area contributed by atoms with Crippen molar-refractivity contribution < 1.29 is 18.1 Å². The largest absolute Gasteiger partial charge is 0.345 e. The van der Waals surface area contributed by atoms with E-state index < -0.39 is 20.4 Å². The average molecular weight is 497 g/mol. The number of sulfonamides is 1. The molecule has 0 aromatic heterocycles. The first kappa shape index (κ1) is 22.2. The van der Waals surface area contributed by atoms with Crippen LogP contribution in [0, 0.1) is 10.1 Å². The van der Waals surface area contributed by atoms with Gasteiger partial charge in [-0.15, -0.1) is 0 Å². The molecule has 0 bridgehead atoms. The predicted octanol–water partition coefficient (Wildman–Crippen LogP) is 3.60. The number of anilines is 2. The van der Waals surface area contributed by atoms with E-state index in [1.54, 1.807) is 19.2 Å². The second kappa shape index (κ2) is 8.33. The molecule has 0 saturated carbocycles. The molecule has 9 nitrogen and oxygen atoms in total. The van der Waals surface area contributed by atoms with Crippen molar-refractivity contribution in [1.29, 1.82) is 0 Å². The Morgan fingerprint density at radius 3 is 2.56 bits per heavy atom. The highest BCUT2D eigenvalue weighted by molar-refractivity contribution is 8.00. The molecule has 3 aromatic rings. The molecular formula is C23H20N4O5S2. The summed E-state index contributed by atoms with van der Waals surface area (Å²) < 4.78 is 27.7. The van der Waals surface area contributed by atoms with Crippen molar-refractivity contribution in [3.05, 3.63) is 88.0 Å². The van der Waals surface area contributed by atoms with Gasteiger partial charge < -0.3 is 10.2 Å². The van der Waals surface area contributed by atoms with Crippen molar-refractivity contribution in [3.8, 4) is 0 Å². The highest BCUT2D eigenvalue weighted by Crippen LogP contribution is 2.43. The summed E-state index contributed by atoms with van der Waals surface area (Å²) in [6, 6.07) is 17.8. The highest BCUT2D eigenvalue weighted by atomic mass is 32.2. The third-order valence-electron chi connectivity index (χ3n) is 5.93. The van der Waals surface area contributed by atoms with Crippen molar-refractivity contribution in [2.75, 3.05) is 22.8 Å². The standard InChI is InChI=1S/C23H20N4O5S2/c1-25-20-11-8-17(27(29)30)14-21(20)33-23(25)24-22(28)16-6-9-18(10-7-16)34(31,32)26-13-12-15-4-2-3-5-19(15)26/h2-11,14,23H,12-13H2,1H3,(H,24,28). The van der Waals surface area contributed by atoms with Crippen LogP contribution in [0.5, 0.6) is 0 Å². The maximum atomic E-state index is 13.2. The minimum absolute atomic E-state index is 0.0101. The number of amides is 1. The van der Waals surface area contributed by atoms with Crippen molar-refractivity contribution in [1.82, 2.24) is 5.32 Å². The van der Waals surface area contributed by atoms with Gasteiger partial charge in [-0.05, 0) is 48.4 Å². The first-order valence-electron chi connectivity index (χ1n) is 10.5. The molecule has 2 aliphatic rings. The van der Waals surface area contributed by atoms with Gasteiger partial charge in [-0.25, -0.2) is 8.42 Å². The fraction of sp³-hybridized carbons (Fsp3) is 0.174. The van der Waals surface area contributed by atoms with Crippen LogP contribution < -0.4 is 14.5 Å². The van der Waals surface area contributed by atoms with Crippen LogP contribution in [-0.4, -0.2) is 38.3 Å². The fourth-order valence-electron chi connectivity index (χ4n) is 4.11. The summed E-state index contributed by atoms with van der Waals surface area (Å²) in [6.45, 7) is 0.383. The van der Waals surface area contributed by atoms with Crippen LogP contribution in [0.1, 0.15) is 15.9 Å². The normalized spacial score (nSPS) is 16.8. The van der Waals surface area contributed by atoms with Gasteiger partial charge in [0.1, 0.15) is 0 Å². The summed E-state index contributed by atoms with van der Waals surface area (Å²) in [6.07, 6.45) is 0.661. The molecule has 174 valence electrons. The summed E-state index contributed by atoms with van der Waals surface area (Å²) >= 11 is 1.30. The number of hydrogen-bond donors (Lipinski definition) is 1. The minimum atomic E-state index is -3.74. The summed E-state index contributed by atoms with van der Waals surface area (Å²) in [5.74, 6) is -0.373. The number of para-hydroxylation sites is 1. The topological polar surface area (TPSA) is 113 Å². The monoisotopic (exact) mass is 496 g/mol. The van der Waals surface area contributed by atoms with E-state index in [0.717, 1.165) is 11.3 Å². The Morgan fingerprint density at radius 1 is 1.09 bits per heavy atom. The van der Waals surface area contributed by atoms with Crippen molar-refractivity contribution in [2.45, 2.75) is 21.7 Å². The number of rotatable bonds is 5. The van der Waals surface area contributed by atoms with Gasteiger partial charge in [0.2, 0.25) is 0 Å². The number of nitrogens with zero attached hydrogens (tertiary/aromatic N) is 3. The maximum absolute atomic E-state index is 13.2. The number of carbonyl (C=O) groups is 1. The number of thioether (sulfide) groups is 1. The Hall–Kier alpha value is -3.57. The molecule has 2 aliphatic heterocycles. The molecule has 1 unspecified atom stereocenters. The molecule has 11 heteroatoms. The van der Waals surface area contributed by atoms with Gasteiger partial charge in [-0.3, -0.25) is 19.2 Å². The van der Waals surface area contributed by atoms with E-state index in [2.05, 4.69) is 5.32 Å². The van der Waals surface area contributed by atoms with E-state index in [1.165, 1.54) is 52.5 Å². The van der Waals surface area contributed by atoms with E-state index in [-0.39, 0.29) is 16.5 Å². The number of benzene rings is 3. The fourth-order valence-corrected chi connectivity index (χ4v) is 6.82. The number of nitro benzene ring substituents is 1. The molecule has 1 amide bonds. The summed E-state index contributed by atoms with van der Waals surface area (Å²) in [4.78, 5) is 26.1. The van der Waals surface area contributed by atoms with Gasteiger partial charge in [-0.2, -0.15) is 0 Å². The van der Waals surface area contributed by atoms with E-state index in [0.29, 0.717) is 29.1 Å². The van der Waals surface area contributed by atoms with Crippen LogP contribution in [-0.2, 0) is 16.4 Å². The van der Waals surface area contributed by atoms with Crippen LogP contribution >= 0.6 is 11.8 Å². The van der Waals surface area contributed by atoms with Crippen molar-refractivity contribution in [2.24, 2.45) is 0 Å². The van der Waals surface area contributed by atoms with Gasteiger partial charge in [0, 0.05) is 36.2 Å². The average Bonchev–Trinajstić information content (AvgIpc) is 3.40. The quantitative estimate of drug-likeness (QED) is 0.424. The number of carbonyl (C=O) groups excluding carboxylic acids is 1. The molecule has 3 aromatic carbocycles. The SMILES string of the molecule is CN1c2ccc([N+](=O)[O-])cc2SC1NC(=O)c1ccc(S(=O)(=O)N2CCc3ccccc32)cc1. The highest BCUT2D eigenvalue weighted by Gasteiger charge is 2.32. The molecule has 0 radical (unpaired) electrons. The molecule has 1 atom stereocenters. The lowest BCUT2D eigenvalue weighted by Gasteiger charge is -2.22. The lowest BCUT2D eigenvalue weighted by atomic mass is 10.2. The van der Waals surface area contributed by atoms with Gasteiger partial charge in [-0.1, -0.05) is 30.0 Å². The number of fused-ring (bicyclic) bond motifs is 2. The minimum Gasteiger partial charge on any atom is -0.345 e. The lowest BCUT2D eigenvalue weighted by molar-refractivity contribution is -0.385. The Bertz CT molecular complexity index is 1410. The zero-order chi connectivity index (χ0) is 24.0. The van der Waals surface area contributed by atoms with Crippen LogP contribution in [0.15, 0.2) is 76.5 Å². The van der Waals surface area contributed by atoms with Crippen molar-refractivity contribution in [3.63, 3.8) is 0 Å². The number of nitrogens with one attached hydrogen (secondary N) is 1. The number of non-ortho nitro benzene ring substituents is 1. The number of hydrogen-bond acceptors (Lipinski definition) is 7. The number of nitro groups is 1. The van der Waals surface area contributed by atoms with Gasteiger partial charge in [0.15, 0.2) is 5.50 Å². The van der Waals surface area contributed by atoms with Crippen LogP contribution in [0.2, 0.25) is 0 Å². The lowest BCUT2D eigenvalue weighted by Crippen LogP contribution is -2.41. The Morgan fingerprint density at radius 2 is 1.82 bits per heavy atom. The third kappa shape index (κ3) is 3.76. The Balaban J connectivity index is 1.30. The molecule has 0 saturated heterocycles. The third-order valence-corrected chi connectivity index (χ3v) is 8.99. The van der Waals surface area contributed by atoms with Crippen LogP contribution in [0.25, 0.3) is 0 Å². The smallest absolute Gasteiger partial charge is 0.270 e. The predicted molar refractivity (Wildman–Crippen MR) is 130 cm³/mol. The molecule has 1 N–H and O–H groups in total. The molecule has 0 aliphatic carbocycles. The van der Waals surface area contributed by atoms with Gasteiger partial charge >= 0.3 is 0 Å². The van der Waals surface area contributed by atoms with E-state index in [4.69, 9.17) is 0 Å². The van der Waals surface area contributed by atoms with E-state index in [1.807, 2.05) is 23.1 Å². The first-order chi connectivity index (χ1) is 16.3. The Labute approximate surface area is 200 Å². The zero-order valence-corrected chi connectivity index (χ0v) is 19.7. The van der Waals surface area contributed by atoms with E-state index in [9.17, 15) is 23.3 Å². The molecule has 34 heavy (non-hydrogen) atoms. The van der Waals surface area contributed by atoms with E-state index >= 15 is 0 Å². The summed E-state index contributed by atoms with van der Waals surface area (Å²) in [7, 11) is -1.95. The summed E-state index contributed by atoms with van der Waals surface area (Å²) in [5, 5.41) is 13.9. The van der Waals surface area contributed by atoms with Crippen LogP contribution in [0.3, 0.4) is 0 Å². The maximum Gasteiger partial charge on any atom is 0.270 e. The van der Waals surface area contributed by atoms with Crippen LogP contribution in [0.4, 0.5) is 17.1 Å². The first-order valence-corrected chi connectivity index (χ1v) is 12.8. The molecule has 5 rings (SSSR count). The molecule has 0 spiro atoms. The van der Waals surface area contributed by atoms with Gasteiger partial charge in [0.25, 0.3) is 21.6 Å². The summed E-state index contributed by atoms with van der Waals surface area (Å²) in [5.41, 5.74) is 2.32. The zero-order valence-electron chi connectivity index (χ0n) is 18.0. The van der Waals surface area contributed by atoms with Crippen molar-refractivity contribution >= 4 is 44.8 Å². The second-order valence-corrected chi connectivity index (χ2v) is 10.9. The molecule has 0 fully saturated rings.